The first-order valence-corrected chi connectivity index (χ1v) is 4.83. The van der Waals surface area contributed by atoms with Crippen LogP contribution in [0.15, 0.2) is 0 Å². The van der Waals surface area contributed by atoms with Gasteiger partial charge in [-0.25, -0.2) is 8.42 Å². The van der Waals surface area contributed by atoms with Gasteiger partial charge in [-0.15, -0.1) is 0 Å². The van der Waals surface area contributed by atoms with Crippen molar-refractivity contribution in [3.63, 3.8) is 0 Å². The first-order valence-electron chi connectivity index (χ1n) is 3.12. The second-order valence-electron chi connectivity index (χ2n) is 2.22. The highest BCUT2D eigenvalue weighted by atomic mass is 32.2. The Morgan fingerprint density at radius 1 is 1.67 bits per heavy atom. The molecule has 1 fully saturated rings. The quantitative estimate of drug-likeness (QED) is 0.558. The Bertz CT molecular complexity index is 185. The number of hydrogen-bond acceptors (Lipinski definition) is 3. The molecule has 0 aromatic heterocycles. The summed E-state index contributed by atoms with van der Waals surface area (Å²) in [5, 5.41) is 2.64. The molecule has 3 nitrogen and oxygen atoms in total. The van der Waals surface area contributed by atoms with Gasteiger partial charge in [-0.1, -0.05) is 6.92 Å². The van der Waals surface area contributed by atoms with Crippen LogP contribution in [-0.4, -0.2) is 26.1 Å². The van der Waals surface area contributed by atoms with Gasteiger partial charge in [0.15, 0.2) is 9.84 Å². The van der Waals surface area contributed by atoms with Crippen LogP contribution in [0.25, 0.3) is 0 Å². The maximum atomic E-state index is 10.9. The van der Waals surface area contributed by atoms with Crippen molar-refractivity contribution >= 4 is 9.84 Å². The lowest BCUT2D eigenvalue weighted by atomic mass is 10.5. The summed E-state index contributed by atoms with van der Waals surface area (Å²) in [6.45, 7) is 2.50. The Hall–Kier alpha value is -0.0900. The Morgan fingerprint density at radius 3 is 2.56 bits per heavy atom. The van der Waals surface area contributed by atoms with Crippen LogP contribution in [-0.2, 0) is 9.84 Å². The van der Waals surface area contributed by atoms with Crippen molar-refractivity contribution in [1.29, 1.82) is 0 Å². The molecule has 1 unspecified atom stereocenters. The summed E-state index contributed by atoms with van der Waals surface area (Å²) >= 11 is 0. The lowest BCUT2D eigenvalue weighted by molar-refractivity contribution is 0.577. The molecule has 9 heavy (non-hydrogen) atoms. The van der Waals surface area contributed by atoms with E-state index in [9.17, 15) is 8.42 Å². The molecule has 1 rings (SSSR count). The Morgan fingerprint density at radius 2 is 2.33 bits per heavy atom. The third kappa shape index (κ3) is 1.24. The molecule has 1 N–H and O–H groups in total. The van der Waals surface area contributed by atoms with E-state index in [1.165, 1.54) is 0 Å². The lowest BCUT2D eigenvalue weighted by Crippen LogP contribution is -2.25. The minimum absolute atomic E-state index is 0.266. The highest BCUT2D eigenvalue weighted by Gasteiger charge is 2.28. The number of nitrogens with one attached hydrogen (secondary N) is 1. The van der Waals surface area contributed by atoms with Crippen molar-refractivity contribution < 1.29 is 8.42 Å². The number of hydrogen-bond donors (Lipinski definition) is 1. The van der Waals surface area contributed by atoms with Crippen molar-refractivity contribution in [3.8, 4) is 0 Å². The van der Waals surface area contributed by atoms with Crippen molar-refractivity contribution in [1.82, 2.24) is 5.32 Å². The van der Waals surface area contributed by atoms with E-state index in [-0.39, 0.29) is 5.37 Å². The van der Waals surface area contributed by atoms with Crippen LogP contribution in [0.5, 0.6) is 0 Å². The van der Waals surface area contributed by atoms with Crippen LogP contribution in [0.1, 0.15) is 13.3 Å². The fourth-order valence-electron chi connectivity index (χ4n) is 1.03. The molecule has 1 atom stereocenters. The van der Waals surface area contributed by atoms with Crippen LogP contribution < -0.4 is 5.32 Å². The minimum atomic E-state index is -2.75. The maximum Gasteiger partial charge on any atom is 0.167 e. The molecular weight excluding hydrogens is 138 g/mol. The smallest absolute Gasteiger partial charge is 0.167 e. The molecule has 1 aliphatic rings. The summed E-state index contributed by atoms with van der Waals surface area (Å²) in [5.74, 6) is 0.311. The second-order valence-corrected chi connectivity index (χ2v) is 4.52. The van der Waals surface area contributed by atoms with Gasteiger partial charge in [-0.2, -0.15) is 0 Å². The summed E-state index contributed by atoms with van der Waals surface area (Å²) < 4.78 is 21.9. The first-order chi connectivity index (χ1) is 4.17. The van der Waals surface area contributed by atoms with Gasteiger partial charge >= 0.3 is 0 Å². The predicted octanol–water partition coefficient (Wildman–Crippen LogP) is -0.260. The van der Waals surface area contributed by atoms with E-state index in [0.29, 0.717) is 18.7 Å². The Kier molecular flexibility index (Phi) is 1.77. The van der Waals surface area contributed by atoms with Crippen LogP contribution in [0.4, 0.5) is 0 Å². The van der Waals surface area contributed by atoms with Crippen LogP contribution in [0, 0.1) is 0 Å². The molecule has 0 saturated carbocycles. The fourth-order valence-corrected chi connectivity index (χ4v) is 2.60. The minimum Gasteiger partial charge on any atom is -0.300 e. The normalized spacial score (nSPS) is 32.8. The molecule has 4 heteroatoms. The van der Waals surface area contributed by atoms with Gasteiger partial charge in [-0.3, -0.25) is 0 Å². The van der Waals surface area contributed by atoms with Gasteiger partial charge in [0.2, 0.25) is 0 Å². The summed E-state index contributed by atoms with van der Waals surface area (Å²) in [5.41, 5.74) is 0. The molecule has 0 radical (unpaired) electrons. The third-order valence-electron chi connectivity index (χ3n) is 1.56. The largest absolute Gasteiger partial charge is 0.300 e. The van der Waals surface area contributed by atoms with Crippen LogP contribution >= 0.6 is 0 Å². The van der Waals surface area contributed by atoms with E-state index >= 15 is 0 Å². The molecule has 1 aliphatic heterocycles. The first kappa shape index (κ1) is 7.02. The standard InChI is InChI=1S/C5H11NO2S/c1-2-5-6-3-4-9(5,7)8/h5-6H,2-4H2,1H3. The summed E-state index contributed by atoms with van der Waals surface area (Å²) in [4.78, 5) is 0. The molecule has 0 amide bonds. The van der Waals surface area contributed by atoms with Crippen molar-refractivity contribution in [3.05, 3.63) is 0 Å². The monoisotopic (exact) mass is 149 g/mol. The molecule has 0 aromatic carbocycles. The average Bonchev–Trinajstić information content (AvgIpc) is 2.08. The number of rotatable bonds is 1. The molecule has 1 heterocycles. The molecule has 54 valence electrons. The van der Waals surface area contributed by atoms with Crippen LogP contribution in [0.2, 0.25) is 0 Å². The maximum absolute atomic E-state index is 10.9. The third-order valence-corrected chi connectivity index (χ3v) is 3.70. The average molecular weight is 149 g/mol. The Labute approximate surface area is 55.4 Å². The predicted molar refractivity (Wildman–Crippen MR) is 35.9 cm³/mol. The van der Waals surface area contributed by atoms with Gasteiger partial charge < -0.3 is 5.32 Å². The molecule has 0 aromatic rings. The molecular formula is C5H11NO2S. The molecule has 0 spiro atoms. The van der Waals surface area contributed by atoms with Crippen molar-refractivity contribution in [2.24, 2.45) is 0 Å². The van der Waals surface area contributed by atoms with Gasteiger partial charge in [0.25, 0.3) is 0 Å². The highest BCUT2D eigenvalue weighted by molar-refractivity contribution is 7.92. The zero-order valence-electron chi connectivity index (χ0n) is 5.42. The van der Waals surface area contributed by atoms with Crippen molar-refractivity contribution in [2.75, 3.05) is 12.3 Å². The van der Waals surface area contributed by atoms with E-state index in [1.807, 2.05) is 6.92 Å². The molecule has 0 bridgehead atoms. The van der Waals surface area contributed by atoms with E-state index in [4.69, 9.17) is 0 Å². The van der Waals surface area contributed by atoms with E-state index in [2.05, 4.69) is 5.32 Å². The highest BCUT2D eigenvalue weighted by Crippen LogP contribution is 2.08. The van der Waals surface area contributed by atoms with Gasteiger partial charge in [-0.05, 0) is 6.42 Å². The summed E-state index contributed by atoms with van der Waals surface area (Å²) in [7, 11) is -2.75. The molecule has 0 aliphatic carbocycles. The number of sulfone groups is 1. The summed E-state index contributed by atoms with van der Waals surface area (Å²) in [6, 6.07) is 0. The van der Waals surface area contributed by atoms with Crippen molar-refractivity contribution in [2.45, 2.75) is 18.7 Å². The van der Waals surface area contributed by atoms with Gasteiger partial charge in [0.05, 0.1) is 5.75 Å². The zero-order valence-corrected chi connectivity index (χ0v) is 6.24. The van der Waals surface area contributed by atoms with E-state index in [1.54, 1.807) is 0 Å². The zero-order chi connectivity index (χ0) is 6.91. The Balaban J connectivity index is 2.75. The van der Waals surface area contributed by atoms with E-state index < -0.39 is 9.84 Å². The van der Waals surface area contributed by atoms with E-state index in [0.717, 1.165) is 0 Å². The fraction of sp³-hybridized carbons (Fsp3) is 1.00. The molecule has 1 saturated heterocycles. The summed E-state index contributed by atoms with van der Waals surface area (Å²) in [6.07, 6.45) is 0.683. The van der Waals surface area contributed by atoms with Crippen LogP contribution in [0.3, 0.4) is 0 Å². The SMILES string of the molecule is CCC1NCCS1(=O)=O. The second kappa shape index (κ2) is 2.27. The lowest BCUT2D eigenvalue weighted by Gasteiger charge is -2.03. The topological polar surface area (TPSA) is 46.2 Å². The van der Waals surface area contributed by atoms with Gasteiger partial charge in [0.1, 0.15) is 5.37 Å². The van der Waals surface area contributed by atoms with Gasteiger partial charge in [0, 0.05) is 6.54 Å².